The Bertz CT molecular complexity index is 184. The summed E-state index contributed by atoms with van der Waals surface area (Å²) >= 11 is 0. The first-order valence-electron chi connectivity index (χ1n) is 7.63. The molecule has 1 rings (SSSR count). The van der Waals surface area contributed by atoms with Gasteiger partial charge >= 0.3 is 0 Å². The molecule has 0 bridgehead atoms. The van der Waals surface area contributed by atoms with Crippen LogP contribution in [0.1, 0.15) is 73.1 Å². The van der Waals surface area contributed by atoms with E-state index in [1.54, 1.807) is 0 Å². The van der Waals surface area contributed by atoms with Crippen LogP contribution in [0.5, 0.6) is 0 Å². The minimum atomic E-state index is 0.930. The Morgan fingerprint density at radius 2 is 1.75 bits per heavy atom. The lowest BCUT2D eigenvalue weighted by Crippen LogP contribution is -2.24. The summed E-state index contributed by atoms with van der Waals surface area (Å²) in [7, 11) is 0. The Morgan fingerprint density at radius 3 is 2.25 bits per heavy atom. The number of hydrogen-bond donors (Lipinski definition) is 0. The summed E-state index contributed by atoms with van der Waals surface area (Å²) in [6.45, 7) is 12.1. The molecule has 0 spiro atoms. The lowest BCUT2D eigenvalue weighted by molar-refractivity contribution is 0.175. The van der Waals surface area contributed by atoms with E-state index in [9.17, 15) is 0 Å². The van der Waals surface area contributed by atoms with E-state index < -0.39 is 0 Å². The lowest BCUT2D eigenvalue weighted by Gasteiger charge is -2.32. The molecule has 0 aromatic heterocycles. The molecule has 0 heteroatoms. The maximum absolute atomic E-state index is 2.47. The van der Waals surface area contributed by atoms with Crippen molar-refractivity contribution in [1.82, 2.24) is 0 Å². The van der Waals surface area contributed by atoms with Gasteiger partial charge in [-0.05, 0) is 42.4 Å². The molecular formula is C16H32. The SMILES string of the molecule is CCCC1CC(C)CC1C(CC)C(C)CC. The summed E-state index contributed by atoms with van der Waals surface area (Å²) in [5, 5.41) is 0. The third-order valence-electron chi connectivity index (χ3n) is 5.04. The summed E-state index contributed by atoms with van der Waals surface area (Å²) in [5.41, 5.74) is 0. The molecule has 1 fully saturated rings. The monoisotopic (exact) mass is 224 g/mol. The molecule has 0 aromatic carbocycles. The molecule has 0 aliphatic heterocycles. The molecule has 0 heterocycles. The van der Waals surface area contributed by atoms with Gasteiger partial charge in [0, 0.05) is 0 Å². The van der Waals surface area contributed by atoms with Crippen molar-refractivity contribution in [3.8, 4) is 0 Å². The predicted octanol–water partition coefficient (Wildman–Crippen LogP) is 5.52. The summed E-state index contributed by atoms with van der Waals surface area (Å²) < 4.78 is 0. The predicted molar refractivity (Wildman–Crippen MR) is 73.5 cm³/mol. The van der Waals surface area contributed by atoms with Gasteiger partial charge in [0.25, 0.3) is 0 Å². The fourth-order valence-electron chi connectivity index (χ4n) is 4.10. The Hall–Kier alpha value is 0. The second-order valence-corrected chi connectivity index (χ2v) is 6.25. The molecule has 0 radical (unpaired) electrons. The maximum atomic E-state index is 2.47. The van der Waals surface area contributed by atoms with E-state index in [1.165, 1.54) is 38.5 Å². The molecule has 96 valence electrons. The molecule has 0 amide bonds. The highest BCUT2D eigenvalue weighted by Gasteiger charge is 2.37. The fraction of sp³-hybridized carbons (Fsp3) is 1.00. The van der Waals surface area contributed by atoms with Crippen molar-refractivity contribution in [3.05, 3.63) is 0 Å². The van der Waals surface area contributed by atoms with Crippen LogP contribution in [0.4, 0.5) is 0 Å². The van der Waals surface area contributed by atoms with Crippen molar-refractivity contribution in [3.63, 3.8) is 0 Å². The number of rotatable bonds is 6. The summed E-state index contributed by atoms with van der Waals surface area (Å²) in [6, 6.07) is 0. The third kappa shape index (κ3) is 3.25. The van der Waals surface area contributed by atoms with Crippen LogP contribution in [0.3, 0.4) is 0 Å². The van der Waals surface area contributed by atoms with Crippen LogP contribution >= 0.6 is 0 Å². The van der Waals surface area contributed by atoms with Crippen molar-refractivity contribution in [1.29, 1.82) is 0 Å². The van der Waals surface area contributed by atoms with Gasteiger partial charge in [-0.3, -0.25) is 0 Å². The first-order valence-corrected chi connectivity index (χ1v) is 7.63. The first-order chi connectivity index (χ1) is 7.63. The average Bonchev–Trinajstić information content (AvgIpc) is 2.61. The zero-order chi connectivity index (χ0) is 12.1. The molecular weight excluding hydrogens is 192 g/mol. The lowest BCUT2D eigenvalue weighted by atomic mass is 9.73. The minimum Gasteiger partial charge on any atom is -0.0654 e. The van der Waals surface area contributed by atoms with Crippen LogP contribution in [-0.2, 0) is 0 Å². The van der Waals surface area contributed by atoms with E-state index in [2.05, 4.69) is 34.6 Å². The molecule has 1 aliphatic carbocycles. The van der Waals surface area contributed by atoms with Gasteiger partial charge in [-0.25, -0.2) is 0 Å². The van der Waals surface area contributed by atoms with Crippen LogP contribution in [0, 0.1) is 29.6 Å². The van der Waals surface area contributed by atoms with Crippen molar-refractivity contribution < 1.29 is 0 Å². The van der Waals surface area contributed by atoms with Crippen LogP contribution in [0.2, 0.25) is 0 Å². The quantitative estimate of drug-likeness (QED) is 0.557. The zero-order valence-corrected chi connectivity index (χ0v) is 12.1. The van der Waals surface area contributed by atoms with Crippen LogP contribution < -0.4 is 0 Å². The van der Waals surface area contributed by atoms with Crippen molar-refractivity contribution in [2.45, 2.75) is 73.1 Å². The van der Waals surface area contributed by atoms with E-state index in [1.807, 2.05) is 0 Å². The smallest absolute Gasteiger partial charge is 0.0352 e. The van der Waals surface area contributed by atoms with E-state index >= 15 is 0 Å². The molecule has 0 N–H and O–H groups in total. The molecule has 5 atom stereocenters. The minimum absolute atomic E-state index is 0.930. The molecule has 0 nitrogen and oxygen atoms in total. The normalized spacial score (nSPS) is 33.9. The first kappa shape index (κ1) is 14.1. The summed E-state index contributed by atoms with van der Waals surface area (Å²) in [6.07, 6.45) is 8.63. The Labute approximate surface area is 103 Å². The Kier molecular flexibility index (Phi) is 5.86. The highest BCUT2D eigenvalue weighted by Crippen LogP contribution is 2.46. The van der Waals surface area contributed by atoms with Gasteiger partial charge in [0.15, 0.2) is 0 Å². The van der Waals surface area contributed by atoms with E-state index in [0.29, 0.717) is 0 Å². The van der Waals surface area contributed by atoms with Gasteiger partial charge in [0.2, 0.25) is 0 Å². The highest BCUT2D eigenvalue weighted by atomic mass is 14.4. The molecule has 1 saturated carbocycles. The second-order valence-electron chi connectivity index (χ2n) is 6.25. The summed E-state index contributed by atoms with van der Waals surface area (Å²) in [5.74, 6) is 4.99. The molecule has 1 aliphatic rings. The van der Waals surface area contributed by atoms with E-state index in [0.717, 1.165) is 29.6 Å². The molecule has 0 aromatic rings. The van der Waals surface area contributed by atoms with Gasteiger partial charge in [-0.15, -0.1) is 0 Å². The van der Waals surface area contributed by atoms with Crippen LogP contribution in [-0.4, -0.2) is 0 Å². The summed E-state index contributed by atoms with van der Waals surface area (Å²) in [4.78, 5) is 0. The third-order valence-corrected chi connectivity index (χ3v) is 5.04. The van der Waals surface area contributed by atoms with E-state index in [-0.39, 0.29) is 0 Å². The van der Waals surface area contributed by atoms with Crippen LogP contribution in [0.15, 0.2) is 0 Å². The maximum Gasteiger partial charge on any atom is -0.0352 e. The Morgan fingerprint density at radius 1 is 1.06 bits per heavy atom. The van der Waals surface area contributed by atoms with Gasteiger partial charge in [0.05, 0.1) is 0 Å². The molecule has 16 heavy (non-hydrogen) atoms. The van der Waals surface area contributed by atoms with Crippen molar-refractivity contribution in [2.75, 3.05) is 0 Å². The topological polar surface area (TPSA) is 0 Å². The van der Waals surface area contributed by atoms with E-state index in [4.69, 9.17) is 0 Å². The molecule has 5 unspecified atom stereocenters. The highest BCUT2D eigenvalue weighted by molar-refractivity contribution is 4.87. The number of hydrogen-bond acceptors (Lipinski definition) is 0. The van der Waals surface area contributed by atoms with Crippen molar-refractivity contribution >= 4 is 0 Å². The van der Waals surface area contributed by atoms with Crippen molar-refractivity contribution in [2.24, 2.45) is 29.6 Å². The standard InChI is InChI=1S/C16H32/c1-6-9-14-10-12(4)11-16(14)15(8-3)13(5)7-2/h12-16H,6-11H2,1-5H3. The Balaban J connectivity index is 2.66. The second kappa shape index (κ2) is 6.67. The zero-order valence-electron chi connectivity index (χ0n) is 12.1. The average molecular weight is 224 g/mol. The van der Waals surface area contributed by atoms with Gasteiger partial charge < -0.3 is 0 Å². The van der Waals surface area contributed by atoms with Gasteiger partial charge in [-0.1, -0.05) is 60.3 Å². The van der Waals surface area contributed by atoms with Gasteiger partial charge in [0.1, 0.15) is 0 Å². The van der Waals surface area contributed by atoms with Crippen LogP contribution in [0.25, 0.3) is 0 Å². The molecule has 0 saturated heterocycles. The largest absolute Gasteiger partial charge is 0.0654 e. The fourth-order valence-corrected chi connectivity index (χ4v) is 4.10. The van der Waals surface area contributed by atoms with Gasteiger partial charge in [-0.2, -0.15) is 0 Å².